The topological polar surface area (TPSA) is 104 Å². The van der Waals surface area contributed by atoms with Gasteiger partial charge >= 0.3 is 17.8 Å². The largest absolute Gasteiger partial charge is 0.480 e. The van der Waals surface area contributed by atoms with Crippen molar-refractivity contribution in [2.45, 2.75) is 6.04 Å². The highest BCUT2D eigenvalue weighted by molar-refractivity contribution is 6.40. The molecule has 7 heteroatoms. The summed E-state index contributed by atoms with van der Waals surface area (Å²) in [4.78, 5) is 37.0. The Morgan fingerprint density at radius 3 is 2.35 bits per heavy atom. The highest BCUT2D eigenvalue weighted by Gasteiger charge is 2.31. The number of hydrogen-bond donors (Lipinski definition) is 2. The second-order valence-corrected chi connectivity index (χ2v) is 4.59. The number of hydrogen-bond acceptors (Lipinski definition) is 4. The van der Waals surface area contributed by atoms with Gasteiger partial charge in [-0.3, -0.25) is 14.4 Å². The molecule has 2 amide bonds. The van der Waals surface area contributed by atoms with Crippen LogP contribution in [0.25, 0.3) is 0 Å². The number of carboxylic acids is 1. The second-order valence-electron chi connectivity index (χ2n) is 4.59. The Balaban J connectivity index is 2.20. The molecule has 1 heterocycles. The van der Waals surface area contributed by atoms with Crippen LogP contribution in [0.15, 0.2) is 24.3 Å². The molecule has 106 valence electrons. The van der Waals surface area contributed by atoms with Crippen LogP contribution < -0.4 is 10.6 Å². The molecule has 0 aromatic heterocycles. The maximum Gasteiger partial charge on any atom is 0.325 e. The van der Waals surface area contributed by atoms with Gasteiger partial charge in [0.1, 0.15) is 6.04 Å². The summed E-state index contributed by atoms with van der Waals surface area (Å²) < 4.78 is 0. The fourth-order valence-corrected chi connectivity index (χ4v) is 1.98. The number of likely N-dealkylation sites (N-methyl/N-ethyl adjacent to an activating group) is 1. The smallest absolute Gasteiger partial charge is 0.325 e. The number of piperazine rings is 1. The molecule has 0 aliphatic carbocycles. The van der Waals surface area contributed by atoms with E-state index in [4.69, 9.17) is 10.8 Å². The van der Waals surface area contributed by atoms with E-state index in [0.717, 1.165) is 0 Å². The van der Waals surface area contributed by atoms with Crippen LogP contribution >= 0.6 is 0 Å². The normalized spacial score (nSPS) is 17.3. The van der Waals surface area contributed by atoms with Crippen molar-refractivity contribution in [3.63, 3.8) is 0 Å². The summed E-state index contributed by atoms with van der Waals surface area (Å²) in [7, 11) is 1.58. The highest BCUT2D eigenvalue weighted by Crippen LogP contribution is 2.20. The van der Waals surface area contributed by atoms with E-state index >= 15 is 0 Å². The van der Waals surface area contributed by atoms with Crippen LogP contribution in [0.3, 0.4) is 0 Å². The summed E-state index contributed by atoms with van der Waals surface area (Å²) in [5.41, 5.74) is 6.49. The Kier molecular flexibility index (Phi) is 3.71. The summed E-state index contributed by atoms with van der Waals surface area (Å²) in [5.74, 6) is -2.26. The first-order chi connectivity index (χ1) is 9.41. The van der Waals surface area contributed by atoms with Crippen molar-refractivity contribution in [1.82, 2.24) is 4.90 Å². The number of anilines is 1. The molecule has 2 rings (SSSR count). The van der Waals surface area contributed by atoms with Gasteiger partial charge in [-0.1, -0.05) is 12.1 Å². The molecule has 1 atom stereocenters. The Morgan fingerprint density at radius 1 is 1.20 bits per heavy atom. The Hall–Kier alpha value is -2.41. The minimum absolute atomic E-state index is 0.408. The lowest BCUT2D eigenvalue weighted by Gasteiger charge is -2.31. The van der Waals surface area contributed by atoms with Gasteiger partial charge in [-0.15, -0.1) is 0 Å². The molecule has 1 unspecified atom stereocenters. The predicted molar refractivity (Wildman–Crippen MR) is 71.0 cm³/mol. The summed E-state index contributed by atoms with van der Waals surface area (Å²) in [6.45, 7) is 0.867. The molecule has 0 radical (unpaired) electrons. The predicted octanol–water partition coefficient (Wildman–Crippen LogP) is -0.424. The van der Waals surface area contributed by atoms with E-state index in [1.165, 1.54) is 9.80 Å². The second kappa shape index (κ2) is 5.30. The van der Waals surface area contributed by atoms with Gasteiger partial charge in [0.2, 0.25) is 0 Å². The maximum atomic E-state index is 11.9. The highest BCUT2D eigenvalue weighted by atomic mass is 16.4. The van der Waals surface area contributed by atoms with Gasteiger partial charge in [0.15, 0.2) is 0 Å². The third kappa shape index (κ3) is 2.48. The zero-order chi connectivity index (χ0) is 14.9. The van der Waals surface area contributed by atoms with Crippen molar-refractivity contribution in [3.05, 3.63) is 29.8 Å². The average molecular weight is 277 g/mol. The summed E-state index contributed by atoms with van der Waals surface area (Å²) >= 11 is 0. The lowest BCUT2D eigenvalue weighted by Crippen LogP contribution is -2.53. The van der Waals surface area contributed by atoms with E-state index in [2.05, 4.69) is 0 Å². The number of amides is 2. The third-order valence-corrected chi connectivity index (χ3v) is 3.26. The quantitative estimate of drug-likeness (QED) is 0.730. The molecule has 1 saturated heterocycles. The fourth-order valence-electron chi connectivity index (χ4n) is 1.98. The minimum Gasteiger partial charge on any atom is -0.480 e. The molecule has 1 aliphatic heterocycles. The average Bonchev–Trinajstić information content (AvgIpc) is 2.44. The number of carboxylic acid groups (broad SMARTS) is 1. The van der Waals surface area contributed by atoms with Gasteiger partial charge in [0, 0.05) is 25.8 Å². The van der Waals surface area contributed by atoms with Gasteiger partial charge < -0.3 is 20.6 Å². The van der Waals surface area contributed by atoms with Crippen molar-refractivity contribution < 1.29 is 19.5 Å². The maximum absolute atomic E-state index is 11.9. The van der Waals surface area contributed by atoms with Crippen LogP contribution in [-0.4, -0.2) is 47.9 Å². The van der Waals surface area contributed by atoms with Crippen LogP contribution in [0.1, 0.15) is 11.6 Å². The van der Waals surface area contributed by atoms with Crippen LogP contribution in [0, 0.1) is 0 Å². The monoisotopic (exact) mass is 277 g/mol. The zero-order valence-electron chi connectivity index (χ0n) is 10.9. The molecule has 1 aromatic rings. The SMILES string of the molecule is CN1CCN(c2ccc(C(N)C(=O)O)cc2)C(=O)C1=O. The molecular weight excluding hydrogens is 262 g/mol. The lowest BCUT2D eigenvalue weighted by atomic mass is 10.1. The van der Waals surface area contributed by atoms with Crippen molar-refractivity contribution in [2.24, 2.45) is 5.73 Å². The molecular formula is C13H15N3O4. The molecule has 3 N–H and O–H groups in total. The number of nitrogens with zero attached hydrogens (tertiary/aromatic N) is 2. The molecule has 0 bridgehead atoms. The molecule has 20 heavy (non-hydrogen) atoms. The van der Waals surface area contributed by atoms with Crippen molar-refractivity contribution >= 4 is 23.5 Å². The molecule has 1 aromatic carbocycles. The molecule has 7 nitrogen and oxygen atoms in total. The molecule has 0 saturated carbocycles. The summed E-state index contributed by atoms with van der Waals surface area (Å²) in [6, 6.07) is 5.17. The van der Waals surface area contributed by atoms with E-state index in [0.29, 0.717) is 24.3 Å². The van der Waals surface area contributed by atoms with E-state index < -0.39 is 23.8 Å². The van der Waals surface area contributed by atoms with Gasteiger partial charge in [0.05, 0.1) is 0 Å². The number of carbonyl (C=O) groups is 3. The number of benzene rings is 1. The number of aliphatic carboxylic acids is 1. The Bertz CT molecular complexity index is 555. The van der Waals surface area contributed by atoms with Crippen LogP contribution in [0.5, 0.6) is 0 Å². The number of carbonyl (C=O) groups excluding carboxylic acids is 2. The van der Waals surface area contributed by atoms with Crippen molar-refractivity contribution in [3.8, 4) is 0 Å². The summed E-state index contributed by atoms with van der Waals surface area (Å²) in [6.07, 6.45) is 0. The first kappa shape index (κ1) is 14.0. The van der Waals surface area contributed by atoms with Crippen molar-refractivity contribution in [1.29, 1.82) is 0 Å². The van der Waals surface area contributed by atoms with E-state index in [1.54, 1.807) is 31.3 Å². The standard InChI is InChI=1S/C13H15N3O4/c1-15-6-7-16(12(18)11(15)17)9-4-2-8(3-5-9)10(14)13(19)20/h2-5,10H,6-7,14H2,1H3,(H,19,20). The van der Waals surface area contributed by atoms with Gasteiger partial charge in [-0.25, -0.2) is 0 Å². The molecule has 0 spiro atoms. The minimum atomic E-state index is -1.12. The van der Waals surface area contributed by atoms with Crippen molar-refractivity contribution in [2.75, 3.05) is 25.0 Å². The number of rotatable bonds is 3. The van der Waals surface area contributed by atoms with Gasteiger partial charge in [-0.2, -0.15) is 0 Å². The first-order valence-corrected chi connectivity index (χ1v) is 6.07. The summed E-state index contributed by atoms with van der Waals surface area (Å²) in [5, 5.41) is 8.82. The fraction of sp³-hybridized carbons (Fsp3) is 0.308. The Morgan fingerprint density at radius 2 is 1.80 bits per heavy atom. The molecule has 1 fully saturated rings. The molecule has 1 aliphatic rings. The Labute approximate surface area is 115 Å². The van der Waals surface area contributed by atoms with Crippen LogP contribution in [-0.2, 0) is 14.4 Å². The van der Waals surface area contributed by atoms with E-state index in [9.17, 15) is 14.4 Å². The number of nitrogens with two attached hydrogens (primary N) is 1. The van der Waals surface area contributed by atoms with Gasteiger partial charge in [-0.05, 0) is 17.7 Å². The van der Waals surface area contributed by atoms with Crippen LogP contribution in [0.4, 0.5) is 5.69 Å². The van der Waals surface area contributed by atoms with Gasteiger partial charge in [0.25, 0.3) is 0 Å². The van der Waals surface area contributed by atoms with E-state index in [1.807, 2.05) is 0 Å². The first-order valence-electron chi connectivity index (χ1n) is 6.07. The van der Waals surface area contributed by atoms with E-state index in [-0.39, 0.29) is 0 Å². The van der Waals surface area contributed by atoms with Crippen LogP contribution in [0.2, 0.25) is 0 Å². The lowest BCUT2D eigenvalue weighted by molar-refractivity contribution is -0.145. The third-order valence-electron chi connectivity index (χ3n) is 3.26. The zero-order valence-corrected chi connectivity index (χ0v) is 10.9.